The minimum absolute atomic E-state index is 0.298. The number of fused-ring (bicyclic) bond motifs is 1. The van der Waals surface area contributed by atoms with Crippen molar-refractivity contribution in [3.63, 3.8) is 0 Å². The van der Waals surface area contributed by atoms with Crippen molar-refractivity contribution in [3.05, 3.63) is 65.9 Å². The highest BCUT2D eigenvalue weighted by molar-refractivity contribution is 8.00. The first-order valence-electron chi connectivity index (χ1n) is 7.54. The fraction of sp³-hybridized carbons (Fsp3) is 0.0588. The molecule has 25 heavy (non-hydrogen) atoms. The molecule has 0 fully saturated rings. The van der Waals surface area contributed by atoms with Crippen LogP contribution in [0.15, 0.2) is 58.9 Å². The molecule has 8 heteroatoms. The number of para-hydroxylation sites is 1. The van der Waals surface area contributed by atoms with Gasteiger partial charge < -0.3 is 0 Å². The molecule has 0 aliphatic rings. The summed E-state index contributed by atoms with van der Waals surface area (Å²) in [5.41, 5.74) is 2.39. The first kappa shape index (κ1) is 15.8. The van der Waals surface area contributed by atoms with Crippen molar-refractivity contribution < 1.29 is 4.79 Å². The number of anilines is 1. The van der Waals surface area contributed by atoms with E-state index in [2.05, 4.69) is 37.8 Å². The zero-order valence-electron chi connectivity index (χ0n) is 13.0. The lowest BCUT2D eigenvalue weighted by Crippen LogP contribution is -2.12. The number of carbonyl (C=O) groups excluding carboxylic acids is 1. The third kappa shape index (κ3) is 3.54. The van der Waals surface area contributed by atoms with Gasteiger partial charge in [0.1, 0.15) is 0 Å². The molecule has 4 rings (SSSR count). The number of nitrogens with zero attached hydrogens (tertiary/aromatic N) is 3. The van der Waals surface area contributed by atoms with Gasteiger partial charge in [0.15, 0.2) is 10.0 Å². The number of carbonyl (C=O) groups is 1. The zero-order valence-corrected chi connectivity index (χ0v) is 14.6. The molecule has 0 aliphatic carbocycles. The summed E-state index contributed by atoms with van der Waals surface area (Å²) in [6, 6.07) is 17.6. The van der Waals surface area contributed by atoms with Gasteiger partial charge in [0, 0.05) is 11.1 Å². The smallest absolute Gasteiger partial charge is 0.278 e. The summed E-state index contributed by atoms with van der Waals surface area (Å²) in [4.78, 5) is 12.4. The molecule has 4 aromatic rings. The lowest BCUT2D eigenvalue weighted by atomic mass is 10.2. The monoisotopic (exact) mass is 367 g/mol. The number of thioether (sulfide) groups is 1. The molecule has 0 bridgehead atoms. The molecule has 1 amide bonds. The van der Waals surface area contributed by atoms with Gasteiger partial charge in [-0.15, -0.1) is 10.2 Å². The molecule has 0 saturated heterocycles. The van der Waals surface area contributed by atoms with E-state index in [-0.39, 0.29) is 5.91 Å². The molecule has 124 valence electrons. The van der Waals surface area contributed by atoms with Gasteiger partial charge in [0.2, 0.25) is 5.13 Å². The van der Waals surface area contributed by atoms with E-state index in [0.29, 0.717) is 10.8 Å². The van der Waals surface area contributed by atoms with Crippen LogP contribution in [0.2, 0.25) is 0 Å². The Morgan fingerprint density at radius 2 is 1.88 bits per heavy atom. The Hall–Kier alpha value is -2.71. The number of H-pyrrole nitrogens is 1. The maximum absolute atomic E-state index is 12.4. The summed E-state index contributed by atoms with van der Waals surface area (Å²) in [5, 5.41) is 19.1. The van der Waals surface area contributed by atoms with Crippen LogP contribution in [0, 0.1) is 0 Å². The van der Waals surface area contributed by atoms with E-state index in [1.165, 1.54) is 16.9 Å². The van der Waals surface area contributed by atoms with E-state index >= 15 is 0 Å². The number of rotatable bonds is 5. The van der Waals surface area contributed by atoms with Crippen LogP contribution < -0.4 is 5.32 Å². The molecule has 2 aromatic carbocycles. The summed E-state index contributed by atoms with van der Waals surface area (Å²) in [7, 11) is 0. The molecule has 0 spiro atoms. The number of hydrogen-bond acceptors (Lipinski definition) is 6. The highest BCUT2D eigenvalue weighted by Crippen LogP contribution is 2.28. The largest absolute Gasteiger partial charge is 0.295 e. The van der Waals surface area contributed by atoms with Crippen LogP contribution in [0.25, 0.3) is 10.9 Å². The predicted molar refractivity (Wildman–Crippen MR) is 100.0 cm³/mol. The molecule has 2 aromatic heterocycles. The zero-order chi connectivity index (χ0) is 17.1. The number of aromatic nitrogens is 4. The normalized spacial score (nSPS) is 10.9. The summed E-state index contributed by atoms with van der Waals surface area (Å²) in [6.07, 6.45) is 0. The van der Waals surface area contributed by atoms with Crippen LogP contribution in [0.3, 0.4) is 0 Å². The number of aromatic amines is 1. The number of amides is 1. The van der Waals surface area contributed by atoms with Gasteiger partial charge in [-0.2, -0.15) is 5.10 Å². The van der Waals surface area contributed by atoms with Crippen LogP contribution in [0.1, 0.15) is 16.1 Å². The summed E-state index contributed by atoms with van der Waals surface area (Å²) >= 11 is 2.95. The molecule has 2 heterocycles. The lowest BCUT2D eigenvalue weighted by molar-refractivity contribution is 0.102. The second-order valence-electron chi connectivity index (χ2n) is 5.22. The Morgan fingerprint density at radius 3 is 2.76 bits per heavy atom. The molecule has 2 N–H and O–H groups in total. The molecular formula is C17H13N5OS2. The summed E-state index contributed by atoms with van der Waals surface area (Å²) < 4.78 is 0.811. The molecule has 0 unspecified atom stereocenters. The molecular weight excluding hydrogens is 354 g/mol. The van der Waals surface area contributed by atoms with Crippen LogP contribution in [-0.4, -0.2) is 26.3 Å². The lowest BCUT2D eigenvalue weighted by Gasteiger charge is -1.98. The fourth-order valence-corrected chi connectivity index (χ4v) is 4.03. The second kappa shape index (κ2) is 7.04. The molecule has 0 saturated carbocycles. The molecule has 6 nitrogen and oxygen atoms in total. The van der Waals surface area contributed by atoms with E-state index in [0.717, 1.165) is 21.0 Å². The Labute approximate surface area is 151 Å². The van der Waals surface area contributed by atoms with Gasteiger partial charge in [0.05, 0.1) is 5.52 Å². The van der Waals surface area contributed by atoms with Crippen molar-refractivity contribution >= 4 is 45.0 Å². The Kier molecular flexibility index (Phi) is 4.45. The van der Waals surface area contributed by atoms with Gasteiger partial charge in [-0.1, -0.05) is 71.6 Å². The van der Waals surface area contributed by atoms with E-state index in [1.54, 1.807) is 11.8 Å². The highest BCUT2D eigenvalue weighted by atomic mass is 32.2. The number of nitrogens with one attached hydrogen (secondary N) is 2. The predicted octanol–water partition coefficient (Wildman–Crippen LogP) is 3.96. The Bertz CT molecular complexity index is 1010. The van der Waals surface area contributed by atoms with Gasteiger partial charge in [0.25, 0.3) is 5.91 Å². The number of hydrogen-bond donors (Lipinski definition) is 2. The van der Waals surface area contributed by atoms with Gasteiger partial charge >= 0.3 is 0 Å². The first-order valence-corrected chi connectivity index (χ1v) is 9.34. The molecule has 0 radical (unpaired) electrons. The second-order valence-corrected chi connectivity index (χ2v) is 7.42. The van der Waals surface area contributed by atoms with Gasteiger partial charge in [-0.3, -0.25) is 15.2 Å². The van der Waals surface area contributed by atoms with Crippen LogP contribution in [0.4, 0.5) is 5.13 Å². The average molecular weight is 367 g/mol. The van der Waals surface area contributed by atoms with E-state index < -0.39 is 0 Å². The van der Waals surface area contributed by atoms with Gasteiger partial charge in [-0.25, -0.2) is 0 Å². The summed E-state index contributed by atoms with van der Waals surface area (Å²) in [6.45, 7) is 0. The van der Waals surface area contributed by atoms with Crippen LogP contribution >= 0.6 is 23.1 Å². The number of benzene rings is 2. The van der Waals surface area contributed by atoms with Crippen molar-refractivity contribution in [1.29, 1.82) is 0 Å². The summed E-state index contributed by atoms with van der Waals surface area (Å²) in [5.74, 6) is 0.515. The standard InChI is InChI=1S/C17H13N5OS2/c23-15(14-12-8-4-5-9-13(12)19-20-14)18-16-21-22-17(25-16)24-10-11-6-2-1-3-7-11/h1-9H,10H2,(H,19,20)(H,18,21,23). The minimum atomic E-state index is -0.298. The third-order valence-corrected chi connectivity index (χ3v) is 5.56. The third-order valence-electron chi connectivity index (χ3n) is 3.52. The highest BCUT2D eigenvalue weighted by Gasteiger charge is 2.16. The van der Waals surface area contributed by atoms with E-state index in [1.807, 2.05) is 42.5 Å². The average Bonchev–Trinajstić information content (AvgIpc) is 3.27. The Balaban J connectivity index is 1.43. The molecule has 0 aliphatic heterocycles. The minimum Gasteiger partial charge on any atom is -0.295 e. The van der Waals surface area contributed by atoms with Crippen molar-refractivity contribution in [2.24, 2.45) is 0 Å². The first-order chi connectivity index (χ1) is 12.3. The van der Waals surface area contributed by atoms with Crippen LogP contribution in [0.5, 0.6) is 0 Å². The SMILES string of the molecule is O=C(Nc1nnc(SCc2ccccc2)s1)c1n[nH]c2ccccc12. The van der Waals surface area contributed by atoms with E-state index in [4.69, 9.17) is 0 Å². The van der Waals surface area contributed by atoms with Gasteiger partial charge in [-0.05, 0) is 11.6 Å². The van der Waals surface area contributed by atoms with E-state index in [9.17, 15) is 4.79 Å². The quantitative estimate of drug-likeness (QED) is 0.412. The maximum atomic E-state index is 12.4. The topological polar surface area (TPSA) is 83.6 Å². The molecule has 0 atom stereocenters. The van der Waals surface area contributed by atoms with Crippen molar-refractivity contribution in [1.82, 2.24) is 20.4 Å². The van der Waals surface area contributed by atoms with Crippen molar-refractivity contribution in [3.8, 4) is 0 Å². The van der Waals surface area contributed by atoms with Crippen LogP contribution in [-0.2, 0) is 5.75 Å². The fourth-order valence-electron chi connectivity index (χ4n) is 2.33. The Morgan fingerprint density at radius 1 is 1.08 bits per heavy atom. The van der Waals surface area contributed by atoms with Crippen molar-refractivity contribution in [2.45, 2.75) is 10.1 Å². The maximum Gasteiger partial charge on any atom is 0.278 e. The van der Waals surface area contributed by atoms with Crippen molar-refractivity contribution in [2.75, 3.05) is 5.32 Å².